The molecule has 0 aliphatic rings. The Bertz CT molecular complexity index is 365. The summed E-state index contributed by atoms with van der Waals surface area (Å²) in [5.41, 5.74) is -0.0240. The molecule has 0 amide bonds. The first kappa shape index (κ1) is 14.5. The number of hydrogen-bond donors (Lipinski definition) is 0. The van der Waals surface area contributed by atoms with Crippen molar-refractivity contribution in [3.05, 3.63) is 11.1 Å². The lowest BCUT2D eigenvalue weighted by Crippen LogP contribution is -2.22. The highest BCUT2D eigenvalue weighted by atomic mass is 35.5. The van der Waals surface area contributed by atoms with E-state index >= 15 is 0 Å². The molecule has 4 heteroatoms. The second-order valence-electron chi connectivity index (χ2n) is 6.01. The number of halogens is 1. The van der Waals surface area contributed by atoms with Crippen molar-refractivity contribution in [3.8, 4) is 0 Å². The predicted octanol–water partition coefficient (Wildman–Crippen LogP) is 4.23. The van der Waals surface area contributed by atoms with E-state index in [0.29, 0.717) is 17.2 Å². The van der Waals surface area contributed by atoms with Crippen LogP contribution in [0.5, 0.6) is 0 Å². The van der Waals surface area contributed by atoms with E-state index in [2.05, 4.69) is 56.3 Å². The molecule has 1 aromatic heterocycles. The standard InChI is InChI=1S/C13H24ClN3/c1-7-9(2)8-10(3)17-11(13(4,5)6)15-16-12(17)14/h9-10H,7-8H2,1-6H3. The van der Waals surface area contributed by atoms with E-state index in [1.54, 1.807) is 0 Å². The van der Waals surface area contributed by atoms with Crippen LogP contribution in [0.1, 0.15) is 66.3 Å². The molecule has 0 radical (unpaired) electrons. The highest BCUT2D eigenvalue weighted by Gasteiger charge is 2.26. The minimum absolute atomic E-state index is 0.0240. The smallest absolute Gasteiger partial charge is 0.225 e. The maximum Gasteiger partial charge on any atom is 0.225 e. The Morgan fingerprint density at radius 2 is 1.82 bits per heavy atom. The highest BCUT2D eigenvalue weighted by molar-refractivity contribution is 6.28. The van der Waals surface area contributed by atoms with E-state index in [9.17, 15) is 0 Å². The molecule has 1 rings (SSSR count). The van der Waals surface area contributed by atoms with Gasteiger partial charge in [0.25, 0.3) is 0 Å². The van der Waals surface area contributed by atoms with E-state index in [4.69, 9.17) is 11.6 Å². The van der Waals surface area contributed by atoms with E-state index in [1.165, 1.54) is 6.42 Å². The van der Waals surface area contributed by atoms with Crippen LogP contribution in [0.2, 0.25) is 5.28 Å². The Morgan fingerprint density at radius 3 is 2.29 bits per heavy atom. The maximum absolute atomic E-state index is 6.16. The molecule has 0 bridgehead atoms. The van der Waals surface area contributed by atoms with Gasteiger partial charge in [-0.3, -0.25) is 4.57 Å². The summed E-state index contributed by atoms with van der Waals surface area (Å²) in [6.45, 7) is 13.1. The van der Waals surface area contributed by atoms with Crippen LogP contribution in [0.25, 0.3) is 0 Å². The molecule has 0 aliphatic carbocycles. The molecular formula is C13H24ClN3. The third-order valence-electron chi connectivity index (χ3n) is 3.21. The second kappa shape index (κ2) is 5.38. The lowest BCUT2D eigenvalue weighted by Gasteiger charge is -2.24. The third-order valence-corrected chi connectivity index (χ3v) is 3.46. The number of aromatic nitrogens is 3. The summed E-state index contributed by atoms with van der Waals surface area (Å²) >= 11 is 6.16. The number of rotatable bonds is 4. The van der Waals surface area contributed by atoms with Crippen LogP contribution < -0.4 is 0 Å². The second-order valence-corrected chi connectivity index (χ2v) is 6.35. The summed E-state index contributed by atoms with van der Waals surface area (Å²) in [7, 11) is 0. The van der Waals surface area contributed by atoms with Crippen molar-refractivity contribution in [2.24, 2.45) is 5.92 Å². The Labute approximate surface area is 110 Å². The largest absolute Gasteiger partial charge is 0.298 e. The number of hydrogen-bond acceptors (Lipinski definition) is 2. The van der Waals surface area contributed by atoms with Gasteiger partial charge in [-0.15, -0.1) is 10.2 Å². The Balaban J connectivity index is 3.00. The van der Waals surface area contributed by atoms with Crippen LogP contribution in [0.15, 0.2) is 0 Å². The average Bonchev–Trinajstić information content (AvgIpc) is 2.59. The van der Waals surface area contributed by atoms with Crippen molar-refractivity contribution in [2.45, 2.75) is 65.8 Å². The van der Waals surface area contributed by atoms with Gasteiger partial charge in [-0.25, -0.2) is 0 Å². The van der Waals surface area contributed by atoms with Crippen LogP contribution in [-0.2, 0) is 5.41 Å². The van der Waals surface area contributed by atoms with Crippen LogP contribution in [0, 0.1) is 5.92 Å². The van der Waals surface area contributed by atoms with Crippen molar-refractivity contribution in [3.63, 3.8) is 0 Å². The molecule has 0 saturated heterocycles. The van der Waals surface area contributed by atoms with E-state index in [0.717, 1.165) is 12.2 Å². The van der Waals surface area contributed by atoms with Crippen LogP contribution in [0.4, 0.5) is 0 Å². The van der Waals surface area contributed by atoms with Gasteiger partial charge in [0.2, 0.25) is 5.28 Å². The summed E-state index contributed by atoms with van der Waals surface area (Å²) in [6.07, 6.45) is 2.30. The zero-order valence-electron chi connectivity index (χ0n) is 11.8. The molecular weight excluding hydrogens is 234 g/mol. The normalized spacial score (nSPS) is 15.9. The fraction of sp³-hybridized carbons (Fsp3) is 0.846. The SMILES string of the molecule is CCC(C)CC(C)n1c(Cl)nnc1C(C)(C)C. The monoisotopic (exact) mass is 257 g/mol. The maximum atomic E-state index is 6.16. The zero-order chi connectivity index (χ0) is 13.2. The molecule has 0 fully saturated rings. The van der Waals surface area contributed by atoms with Gasteiger partial charge in [-0.2, -0.15) is 0 Å². The fourth-order valence-corrected chi connectivity index (χ4v) is 2.31. The molecule has 1 aromatic rings. The molecule has 2 atom stereocenters. The molecule has 0 N–H and O–H groups in total. The minimum atomic E-state index is -0.0240. The first-order valence-electron chi connectivity index (χ1n) is 6.38. The summed E-state index contributed by atoms with van der Waals surface area (Å²) in [6, 6.07) is 0.349. The van der Waals surface area contributed by atoms with Gasteiger partial charge in [0.05, 0.1) is 0 Å². The molecule has 0 saturated carbocycles. The van der Waals surface area contributed by atoms with Crippen LogP contribution in [-0.4, -0.2) is 14.8 Å². The van der Waals surface area contributed by atoms with Gasteiger partial charge < -0.3 is 0 Å². The molecule has 17 heavy (non-hydrogen) atoms. The topological polar surface area (TPSA) is 30.7 Å². The van der Waals surface area contributed by atoms with Gasteiger partial charge in [-0.05, 0) is 30.9 Å². The van der Waals surface area contributed by atoms with E-state index in [1.807, 2.05) is 0 Å². The van der Waals surface area contributed by atoms with Crippen molar-refractivity contribution >= 4 is 11.6 Å². The van der Waals surface area contributed by atoms with Crippen molar-refractivity contribution in [2.75, 3.05) is 0 Å². The number of nitrogens with zero attached hydrogens (tertiary/aromatic N) is 3. The first-order valence-corrected chi connectivity index (χ1v) is 6.76. The van der Waals surface area contributed by atoms with Gasteiger partial charge in [0, 0.05) is 11.5 Å². The molecule has 3 nitrogen and oxygen atoms in total. The molecule has 2 unspecified atom stereocenters. The van der Waals surface area contributed by atoms with Crippen molar-refractivity contribution in [1.29, 1.82) is 0 Å². The van der Waals surface area contributed by atoms with E-state index in [-0.39, 0.29) is 5.41 Å². The molecule has 1 heterocycles. The summed E-state index contributed by atoms with van der Waals surface area (Å²) in [5, 5.41) is 8.74. The summed E-state index contributed by atoms with van der Waals surface area (Å²) in [4.78, 5) is 0. The zero-order valence-corrected chi connectivity index (χ0v) is 12.5. The molecule has 0 aliphatic heterocycles. The Morgan fingerprint density at radius 1 is 1.24 bits per heavy atom. The average molecular weight is 258 g/mol. The Kier molecular flexibility index (Phi) is 4.59. The fourth-order valence-electron chi connectivity index (χ4n) is 2.03. The highest BCUT2D eigenvalue weighted by Crippen LogP contribution is 2.29. The van der Waals surface area contributed by atoms with Gasteiger partial charge in [0.15, 0.2) is 0 Å². The van der Waals surface area contributed by atoms with E-state index < -0.39 is 0 Å². The summed E-state index contributed by atoms with van der Waals surface area (Å²) < 4.78 is 2.08. The predicted molar refractivity (Wildman–Crippen MR) is 72.5 cm³/mol. The van der Waals surface area contributed by atoms with Gasteiger partial charge in [-0.1, -0.05) is 41.0 Å². The lowest BCUT2D eigenvalue weighted by atomic mass is 9.94. The quantitative estimate of drug-likeness (QED) is 0.808. The summed E-state index contributed by atoms with van der Waals surface area (Å²) in [5.74, 6) is 1.66. The molecule has 0 spiro atoms. The molecule has 98 valence electrons. The third kappa shape index (κ3) is 3.44. The first-order chi connectivity index (χ1) is 7.77. The van der Waals surface area contributed by atoms with Crippen LogP contribution in [0.3, 0.4) is 0 Å². The van der Waals surface area contributed by atoms with Crippen molar-refractivity contribution in [1.82, 2.24) is 14.8 Å². The van der Waals surface area contributed by atoms with Crippen molar-refractivity contribution < 1.29 is 0 Å². The lowest BCUT2D eigenvalue weighted by molar-refractivity contribution is 0.372. The minimum Gasteiger partial charge on any atom is -0.298 e. The molecule has 0 aromatic carbocycles. The van der Waals surface area contributed by atoms with Crippen LogP contribution >= 0.6 is 11.6 Å². The van der Waals surface area contributed by atoms with Gasteiger partial charge in [0.1, 0.15) is 5.82 Å². The van der Waals surface area contributed by atoms with Gasteiger partial charge >= 0.3 is 0 Å². The Hall–Kier alpha value is -0.570.